The molecule has 2 N–H and O–H groups in total. The van der Waals surface area contributed by atoms with Gasteiger partial charge in [-0.1, -0.05) is 18.5 Å². The number of rotatable bonds is 3. The smallest absolute Gasteiger partial charge is 0.321 e. The highest BCUT2D eigenvalue weighted by Gasteiger charge is 2.27. The molecule has 0 spiro atoms. The van der Waals surface area contributed by atoms with Crippen molar-refractivity contribution < 1.29 is 14.0 Å². The maximum Gasteiger partial charge on any atom is 0.321 e. The summed E-state index contributed by atoms with van der Waals surface area (Å²) < 4.78 is 5.79. The molecule has 1 aromatic carbocycles. The zero-order valence-electron chi connectivity index (χ0n) is 14.6. The van der Waals surface area contributed by atoms with Gasteiger partial charge in [0.25, 0.3) is 0 Å². The van der Waals surface area contributed by atoms with Crippen LogP contribution in [0.15, 0.2) is 16.5 Å². The highest BCUT2D eigenvalue weighted by molar-refractivity contribution is 6.35. The number of hydrogen-bond donors (Lipinski definition) is 2. The molecule has 25 heavy (non-hydrogen) atoms. The third kappa shape index (κ3) is 3.58. The molecule has 0 aliphatic carbocycles. The van der Waals surface area contributed by atoms with E-state index in [0.29, 0.717) is 29.4 Å². The summed E-state index contributed by atoms with van der Waals surface area (Å²) in [7, 11) is 0. The maximum atomic E-state index is 12.5. The highest BCUT2D eigenvalue weighted by atomic mass is 35.5. The Morgan fingerprint density at radius 3 is 2.84 bits per heavy atom. The Kier molecular flexibility index (Phi) is 4.90. The van der Waals surface area contributed by atoms with Crippen molar-refractivity contribution in [1.29, 1.82) is 0 Å². The molecule has 1 aliphatic heterocycles. The van der Waals surface area contributed by atoms with Crippen molar-refractivity contribution in [2.24, 2.45) is 0 Å². The average molecular weight is 364 g/mol. The second-order valence-electron chi connectivity index (χ2n) is 6.40. The van der Waals surface area contributed by atoms with Crippen molar-refractivity contribution in [2.75, 3.05) is 18.4 Å². The molecule has 0 radical (unpaired) electrons. The van der Waals surface area contributed by atoms with Crippen molar-refractivity contribution in [3.05, 3.63) is 28.5 Å². The monoisotopic (exact) mass is 363 g/mol. The molecule has 2 heterocycles. The Labute approximate surface area is 151 Å². The first-order valence-corrected chi connectivity index (χ1v) is 8.81. The van der Waals surface area contributed by atoms with Gasteiger partial charge in [0.05, 0.1) is 5.02 Å². The van der Waals surface area contributed by atoms with Crippen LogP contribution in [-0.4, -0.2) is 36.0 Å². The lowest BCUT2D eigenvalue weighted by molar-refractivity contribution is -0.119. The van der Waals surface area contributed by atoms with Crippen LogP contribution in [0.4, 0.5) is 10.5 Å². The second kappa shape index (κ2) is 6.96. The number of benzene rings is 1. The third-order valence-electron chi connectivity index (χ3n) is 4.55. The molecule has 0 unspecified atom stereocenters. The summed E-state index contributed by atoms with van der Waals surface area (Å²) in [5, 5.41) is 7.13. The predicted molar refractivity (Wildman–Crippen MR) is 98.2 cm³/mol. The summed E-state index contributed by atoms with van der Waals surface area (Å²) in [4.78, 5) is 25.3. The van der Waals surface area contributed by atoms with E-state index in [1.54, 1.807) is 11.0 Å². The molecule has 1 aliphatic rings. The van der Waals surface area contributed by atoms with Gasteiger partial charge in [0.1, 0.15) is 5.76 Å². The number of hydrogen-bond acceptors (Lipinski definition) is 3. The lowest BCUT2D eigenvalue weighted by atomic mass is 10.1. The van der Waals surface area contributed by atoms with Crippen LogP contribution in [0.2, 0.25) is 5.02 Å². The van der Waals surface area contributed by atoms with E-state index in [1.807, 2.05) is 19.9 Å². The number of carbonyl (C=O) groups excluding carboxylic acids is 2. The first-order chi connectivity index (χ1) is 11.9. The van der Waals surface area contributed by atoms with Crippen LogP contribution in [0.3, 0.4) is 0 Å². The van der Waals surface area contributed by atoms with Gasteiger partial charge in [-0.05, 0) is 31.0 Å². The largest absolute Gasteiger partial charge is 0.459 e. The van der Waals surface area contributed by atoms with Gasteiger partial charge in [-0.25, -0.2) is 4.79 Å². The van der Waals surface area contributed by atoms with Crippen LogP contribution in [0.5, 0.6) is 0 Å². The molecule has 0 bridgehead atoms. The van der Waals surface area contributed by atoms with E-state index in [9.17, 15) is 9.59 Å². The molecule has 6 nitrogen and oxygen atoms in total. The third-order valence-corrected chi connectivity index (χ3v) is 4.83. The molecular formula is C18H22ClN3O3. The van der Waals surface area contributed by atoms with Crippen LogP contribution in [-0.2, 0) is 11.2 Å². The first-order valence-electron chi connectivity index (χ1n) is 8.43. The Morgan fingerprint density at radius 2 is 2.16 bits per heavy atom. The van der Waals surface area contributed by atoms with Crippen LogP contribution in [0.25, 0.3) is 11.0 Å². The minimum absolute atomic E-state index is 0.0116. The summed E-state index contributed by atoms with van der Waals surface area (Å²) in [6.07, 6.45) is 1.55. The van der Waals surface area contributed by atoms with Gasteiger partial charge >= 0.3 is 6.03 Å². The lowest BCUT2D eigenvalue weighted by Gasteiger charge is -2.18. The molecule has 0 saturated carbocycles. The van der Waals surface area contributed by atoms with Gasteiger partial charge < -0.3 is 20.0 Å². The number of anilines is 1. The maximum absolute atomic E-state index is 12.5. The van der Waals surface area contributed by atoms with Crippen LogP contribution < -0.4 is 10.6 Å². The Bertz CT molecular complexity index is 831. The standard InChI is InChI=1S/C18H22ClN3O3/c1-4-16-10(2)14-7-13(8-15(19)17(14)25-16)21-18(24)22-6-5-12(9-22)20-11(3)23/h7-8,12H,4-6,9H2,1-3H3,(H,20,23)(H,21,24)/t12-/m0/s1. The highest BCUT2D eigenvalue weighted by Crippen LogP contribution is 2.34. The number of urea groups is 1. The molecule has 134 valence electrons. The number of amides is 3. The van der Waals surface area contributed by atoms with Crippen LogP contribution >= 0.6 is 11.6 Å². The molecule has 3 amide bonds. The van der Waals surface area contributed by atoms with Crippen molar-refractivity contribution in [3.63, 3.8) is 0 Å². The average Bonchev–Trinajstić information content (AvgIpc) is 3.12. The molecule has 1 saturated heterocycles. The van der Waals surface area contributed by atoms with Crippen molar-refractivity contribution >= 4 is 40.2 Å². The van der Waals surface area contributed by atoms with Crippen molar-refractivity contribution in [2.45, 2.75) is 39.7 Å². The number of nitrogens with zero attached hydrogens (tertiary/aromatic N) is 1. The van der Waals surface area contributed by atoms with Crippen LogP contribution in [0, 0.1) is 6.92 Å². The zero-order chi connectivity index (χ0) is 18.1. The normalized spacial score (nSPS) is 17.1. The number of carbonyl (C=O) groups is 2. The fraction of sp³-hybridized carbons (Fsp3) is 0.444. The number of furan rings is 1. The molecule has 1 aromatic heterocycles. The fourth-order valence-corrected chi connectivity index (χ4v) is 3.55. The number of likely N-dealkylation sites (tertiary alicyclic amines) is 1. The SMILES string of the molecule is CCc1oc2c(Cl)cc(NC(=O)N3CC[C@H](NC(C)=O)C3)cc2c1C. The van der Waals surface area contributed by atoms with Gasteiger partial charge in [0, 0.05) is 43.5 Å². The van der Waals surface area contributed by atoms with E-state index in [4.69, 9.17) is 16.0 Å². The second-order valence-corrected chi connectivity index (χ2v) is 6.81. The van der Waals surface area contributed by atoms with E-state index >= 15 is 0 Å². The molecule has 3 rings (SSSR count). The number of fused-ring (bicyclic) bond motifs is 1. The Morgan fingerprint density at radius 1 is 1.40 bits per heavy atom. The lowest BCUT2D eigenvalue weighted by Crippen LogP contribution is -2.38. The van der Waals surface area contributed by atoms with E-state index in [2.05, 4.69) is 10.6 Å². The predicted octanol–water partition coefficient (Wildman–Crippen LogP) is 3.70. The quantitative estimate of drug-likeness (QED) is 0.873. The minimum Gasteiger partial charge on any atom is -0.459 e. The van der Waals surface area contributed by atoms with Crippen LogP contribution in [0.1, 0.15) is 31.6 Å². The van der Waals surface area contributed by atoms with E-state index < -0.39 is 0 Å². The molecule has 1 fully saturated rings. The van der Waals surface area contributed by atoms with Gasteiger partial charge in [0.15, 0.2) is 5.58 Å². The summed E-state index contributed by atoms with van der Waals surface area (Å²) in [6.45, 7) is 6.62. The van der Waals surface area contributed by atoms with Gasteiger partial charge in [0.2, 0.25) is 5.91 Å². The molecule has 7 heteroatoms. The minimum atomic E-state index is -0.194. The fourth-order valence-electron chi connectivity index (χ4n) is 3.29. The summed E-state index contributed by atoms with van der Waals surface area (Å²) in [5.74, 6) is 0.824. The summed E-state index contributed by atoms with van der Waals surface area (Å²) >= 11 is 6.32. The van der Waals surface area contributed by atoms with Gasteiger partial charge in [-0.3, -0.25) is 4.79 Å². The van der Waals surface area contributed by atoms with E-state index in [1.165, 1.54) is 6.92 Å². The summed E-state index contributed by atoms with van der Waals surface area (Å²) in [5.41, 5.74) is 2.33. The number of halogens is 1. The van der Waals surface area contributed by atoms with Gasteiger partial charge in [-0.15, -0.1) is 0 Å². The Balaban J connectivity index is 1.75. The van der Waals surface area contributed by atoms with E-state index in [0.717, 1.165) is 29.6 Å². The molecule has 2 aromatic rings. The summed E-state index contributed by atoms with van der Waals surface area (Å²) in [6, 6.07) is 3.40. The van der Waals surface area contributed by atoms with Gasteiger partial charge in [-0.2, -0.15) is 0 Å². The first kappa shape index (κ1) is 17.6. The number of aryl methyl sites for hydroxylation is 2. The van der Waals surface area contributed by atoms with Crippen molar-refractivity contribution in [3.8, 4) is 0 Å². The number of nitrogens with one attached hydrogen (secondary N) is 2. The van der Waals surface area contributed by atoms with E-state index in [-0.39, 0.29) is 18.0 Å². The van der Waals surface area contributed by atoms with Crippen molar-refractivity contribution in [1.82, 2.24) is 10.2 Å². The molecular weight excluding hydrogens is 342 g/mol. The molecule has 1 atom stereocenters. The Hall–Kier alpha value is -2.21. The topological polar surface area (TPSA) is 74.6 Å². The zero-order valence-corrected chi connectivity index (χ0v) is 15.4.